The lowest BCUT2D eigenvalue weighted by atomic mass is 10.2. The summed E-state index contributed by atoms with van der Waals surface area (Å²) in [4.78, 5) is 19.2. The van der Waals surface area contributed by atoms with Gasteiger partial charge in [-0.05, 0) is 25.5 Å². The summed E-state index contributed by atoms with van der Waals surface area (Å²) in [6.07, 6.45) is 4.61. The lowest BCUT2D eigenvalue weighted by molar-refractivity contribution is 0.209. The van der Waals surface area contributed by atoms with Crippen LogP contribution in [0.2, 0.25) is 0 Å². The van der Waals surface area contributed by atoms with E-state index in [4.69, 9.17) is 0 Å². The number of aryl methyl sites for hydroxylation is 2. The van der Waals surface area contributed by atoms with Gasteiger partial charge in [-0.3, -0.25) is 9.67 Å². The van der Waals surface area contributed by atoms with Crippen molar-refractivity contribution in [1.82, 2.24) is 19.7 Å². The molecule has 2 aromatic heterocycles. The second-order valence-corrected chi connectivity index (χ2v) is 6.20. The minimum absolute atomic E-state index is 0.124. The number of para-hydroxylation sites is 1. The number of carbonyl (C=O) groups excluding carboxylic acids is 1. The van der Waals surface area contributed by atoms with Crippen LogP contribution in [-0.2, 0) is 13.6 Å². The van der Waals surface area contributed by atoms with Gasteiger partial charge in [-0.1, -0.05) is 25.1 Å². The SMILES string of the molecule is CCCN(Cc1cnn(C)c1)C(=O)Nc1cccc2ccc(C)nc12. The fourth-order valence-corrected chi connectivity index (χ4v) is 2.84. The first-order chi connectivity index (χ1) is 12.1. The maximum Gasteiger partial charge on any atom is 0.322 e. The number of nitrogens with one attached hydrogen (secondary N) is 1. The fourth-order valence-electron chi connectivity index (χ4n) is 2.84. The van der Waals surface area contributed by atoms with Gasteiger partial charge in [0.25, 0.3) is 0 Å². The van der Waals surface area contributed by atoms with E-state index < -0.39 is 0 Å². The summed E-state index contributed by atoms with van der Waals surface area (Å²) in [7, 11) is 1.87. The minimum atomic E-state index is -0.124. The van der Waals surface area contributed by atoms with Crippen LogP contribution in [0, 0.1) is 6.92 Å². The van der Waals surface area contributed by atoms with Crippen LogP contribution >= 0.6 is 0 Å². The number of nitrogens with zero attached hydrogens (tertiary/aromatic N) is 4. The van der Waals surface area contributed by atoms with Gasteiger partial charge in [0.1, 0.15) is 0 Å². The Hall–Kier alpha value is -2.89. The van der Waals surface area contributed by atoms with Crippen molar-refractivity contribution in [3.63, 3.8) is 0 Å². The standard InChI is InChI=1S/C19H23N5O/c1-4-10-24(13-15-11-20-23(3)12-15)19(25)22-17-7-5-6-16-9-8-14(2)21-18(16)17/h5-9,11-12H,4,10,13H2,1-3H3,(H,22,25). The molecule has 0 radical (unpaired) electrons. The van der Waals surface area contributed by atoms with Gasteiger partial charge >= 0.3 is 6.03 Å². The van der Waals surface area contributed by atoms with Crippen LogP contribution < -0.4 is 5.32 Å². The highest BCUT2D eigenvalue weighted by molar-refractivity contribution is 5.99. The molecular formula is C19H23N5O. The first kappa shape index (κ1) is 17.0. The third kappa shape index (κ3) is 3.96. The van der Waals surface area contributed by atoms with Crippen molar-refractivity contribution in [3.05, 3.63) is 54.0 Å². The van der Waals surface area contributed by atoms with Crippen LogP contribution in [0.4, 0.5) is 10.5 Å². The number of benzene rings is 1. The number of pyridine rings is 1. The molecule has 3 rings (SSSR count). The van der Waals surface area contributed by atoms with Gasteiger partial charge < -0.3 is 10.2 Å². The van der Waals surface area contributed by atoms with Crippen LogP contribution in [0.5, 0.6) is 0 Å². The number of amides is 2. The molecule has 25 heavy (non-hydrogen) atoms. The molecule has 6 nitrogen and oxygen atoms in total. The number of fused-ring (bicyclic) bond motifs is 1. The van der Waals surface area contributed by atoms with Crippen LogP contribution in [0.25, 0.3) is 10.9 Å². The third-order valence-corrected chi connectivity index (χ3v) is 4.01. The van der Waals surface area contributed by atoms with E-state index in [9.17, 15) is 4.79 Å². The van der Waals surface area contributed by atoms with E-state index >= 15 is 0 Å². The molecule has 0 unspecified atom stereocenters. The molecule has 1 N–H and O–H groups in total. The van der Waals surface area contributed by atoms with Crippen LogP contribution in [0.1, 0.15) is 24.6 Å². The zero-order valence-corrected chi connectivity index (χ0v) is 14.9. The van der Waals surface area contributed by atoms with Gasteiger partial charge in [-0.2, -0.15) is 5.10 Å². The van der Waals surface area contributed by atoms with Crippen molar-refractivity contribution >= 4 is 22.6 Å². The normalized spacial score (nSPS) is 10.8. The summed E-state index contributed by atoms with van der Waals surface area (Å²) in [5.74, 6) is 0. The Bertz CT molecular complexity index is 886. The zero-order chi connectivity index (χ0) is 17.8. The number of hydrogen-bond donors (Lipinski definition) is 1. The molecule has 1 aromatic carbocycles. The van der Waals surface area contributed by atoms with Crippen LogP contribution in [0.15, 0.2) is 42.7 Å². The predicted octanol–water partition coefficient (Wildman–Crippen LogP) is 3.72. The molecule has 0 atom stereocenters. The summed E-state index contributed by atoms with van der Waals surface area (Å²) < 4.78 is 1.74. The molecule has 6 heteroatoms. The Morgan fingerprint density at radius 2 is 2.12 bits per heavy atom. The summed E-state index contributed by atoms with van der Waals surface area (Å²) in [5.41, 5.74) is 3.49. The van der Waals surface area contributed by atoms with Gasteiger partial charge in [0, 0.05) is 36.4 Å². The second-order valence-electron chi connectivity index (χ2n) is 6.20. The Balaban J connectivity index is 1.82. The van der Waals surface area contributed by atoms with Gasteiger partial charge in [0.15, 0.2) is 0 Å². The predicted molar refractivity (Wildman–Crippen MR) is 99.4 cm³/mol. The van der Waals surface area contributed by atoms with Crippen LogP contribution in [0.3, 0.4) is 0 Å². The zero-order valence-electron chi connectivity index (χ0n) is 14.9. The Labute approximate surface area is 147 Å². The number of carbonyl (C=O) groups is 1. The Kier molecular flexibility index (Phi) is 4.97. The average molecular weight is 337 g/mol. The number of anilines is 1. The molecule has 0 spiro atoms. The van der Waals surface area contributed by atoms with Gasteiger partial charge in [-0.25, -0.2) is 4.79 Å². The maximum atomic E-state index is 12.8. The van der Waals surface area contributed by atoms with E-state index in [1.165, 1.54) is 0 Å². The summed E-state index contributed by atoms with van der Waals surface area (Å²) in [5, 5.41) is 8.21. The Morgan fingerprint density at radius 3 is 2.84 bits per heavy atom. The maximum absolute atomic E-state index is 12.8. The number of rotatable bonds is 5. The largest absolute Gasteiger partial charge is 0.322 e. The summed E-state index contributed by atoms with van der Waals surface area (Å²) in [6.45, 7) is 5.22. The van der Waals surface area contributed by atoms with E-state index in [1.807, 2.05) is 50.5 Å². The lowest BCUT2D eigenvalue weighted by Crippen LogP contribution is -2.35. The summed E-state index contributed by atoms with van der Waals surface area (Å²) in [6, 6.07) is 9.69. The van der Waals surface area contributed by atoms with Crippen molar-refractivity contribution in [2.75, 3.05) is 11.9 Å². The molecule has 130 valence electrons. The molecular weight excluding hydrogens is 314 g/mol. The molecule has 0 fully saturated rings. The highest BCUT2D eigenvalue weighted by Gasteiger charge is 2.15. The lowest BCUT2D eigenvalue weighted by Gasteiger charge is -2.22. The first-order valence-corrected chi connectivity index (χ1v) is 8.46. The van der Waals surface area contributed by atoms with Crippen molar-refractivity contribution < 1.29 is 4.79 Å². The topological polar surface area (TPSA) is 63.1 Å². The quantitative estimate of drug-likeness (QED) is 0.772. The van der Waals surface area contributed by atoms with Gasteiger partial charge in [0.05, 0.1) is 23.9 Å². The minimum Gasteiger partial charge on any atom is -0.320 e. The van der Waals surface area contributed by atoms with E-state index in [-0.39, 0.29) is 6.03 Å². The van der Waals surface area contributed by atoms with Gasteiger partial charge in [0.2, 0.25) is 0 Å². The van der Waals surface area contributed by atoms with E-state index in [0.717, 1.165) is 34.3 Å². The highest BCUT2D eigenvalue weighted by atomic mass is 16.2. The molecule has 0 aliphatic rings. The number of hydrogen-bond acceptors (Lipinski definition) is 3. The molecule has 0 aliphatic heterocycles. The average Bonchev–Trinajstić information content (AvgIpc) is 3.00. The molecule has 2 amide bonds. The van der Waals surface area contributed by atoms with Crippen molar-refractivity contribution in [2.24, 2.45) is 7.05 Å². The highest BCUT2D eigenvalue weighted by Crippen LogP contribution is 2.22. The van der Waals surface area contributed by atoms with Crippen molar-refractivity contribution in [1.29, 1.82) is 0 Å². The monoisotopic (exact) mass is 337 g/mol. The molecule has 0 saturated heterocycles. The van der Waals surface area contributed by atoms with E-state index in [0.29, 0.717) is 13.1 Å². The van der Waals surface area contributed by atoms with Crippen molar-refractivity contribution in [3.8, 4) is 0 Å². The smallest absolute Gasteiger partial charge is 0.320 e. The van der Waals surface area contributed by atoms with E-state index in [2.05, 4.69) is 22.3 Å². The van der Waals surface area contributed by atoms with E-state index in [1.54, 1.807) is 15.8 Å². The number of aromatic nitrogens is 3. The molecule has 0 saturated carbocycles. The van der Waals surface area contributed by atoms with Crippen LogP contribution in [-0.4, -0.2) is 32.2 Å². The van der Waals surface area contributed by atoms with Gasteiger partial charge in [-0.15, -0.1) is 0 Å². The Morgan fingerprint density at radius 1 is 1.28 bits per heavy atom. The van der Waals surface area contributed by atoms with Crippen molar-refractivity contribution in [2.45, 2.75) is 26.8 Å². The summed E-state index contributed by atoms with van der Waals surface area (Å²) >= 11 is 0. The fraction of sp³-hybridized carbons (Fsp3) is 0.316. The molecule has 0 aliphatic carbocycles. The molecule has 2 heterocycles. The second kappa shape index (κ2) is 7.34. The first-order valence-electron chi connectivity index (χ1n) is 8.46. The third-order valence-electron chi connectivity index (χ3n) is 4.01. The molecule has 3 aromatic rings. The number of urea groups is 1. The molecule has 0 bridgehead atoms.